The fourth-order valence-electron chi connectivity index (χ4n) is 1.47. The van der Waals surface area contributed by atoms with Gasteiger partial charge >= 0.3 is 5.97 Å². The van der Waals surface area contributed by atoms with Gasteiger partial charge in [-0.3, -0.25) is 9.59 Å². The third-order valence-corrected chi connectivity index (χ3v) is 2.33. The van der Waals surface area contributed by atoms with Crippen molar-refractivity contribution < 1.29 is 14.7 Å². The van der Waals surface area contributed by atoms with Crippen LogP contribution in [-0.2, 0) is 22.6 Å². The van der Waals surface area contributed by atoms with E-state index in [0.717, 1.165) is 0 Å². The molecule has 94 valence electrons. The number of carbonyl (C=O) groups is 2. The Morgan fingerprint density at radius 2 is 2.06 bits per heavy atom. The van der Waals surface area contributed by atoms with Crippen molar-refractivity contribution in [2.45, 2.75) is 26.8 Å². The highest BCUT2D eigenvalue weighted by atomic mass is 16.4. The van der Waals surface area contributed by atoms with E-state index >= 15 is 0 Å². The Balaban J connectivity index is 2.59. The van der Waals surface area contributed by atoms with Crippen molar-refractivity contribution in [1.82, 2.24) is 19.9 Å². The zero-order valence-electron chi connectivity index (χ0n) is 9.96. The van der Waals surface area contributed by atoms with E-state index in [-0.39, 0.29) is 18.9 Å². The van der Waals surface area contributed by atoms with Crippen molar-refractivity contribution >= 4 is 11.9 Å². The largest absolute Gasteiger partial charge is 0.481 e. The molecule has 0 atom stereocenters. The number of rotatable bonds is 6. The molecule has 0 saturated heterocycles. The van der Waals surface area contributed by atoms with Gasteiger partial charge in [-0.05, 0) is 13.8 Å². The summed E-state index contributed by atoms with van der Waals surface area (Å²) < 4.78 is 1.36. The molecule has 7 nitrogen and oxygen atoms in total. The molecule has 1 amide bonds. The summed E-state index contributed by atoms with van der Waals surface area (Å²) in [4.78, 5) is 23.9. The maximum atomic E-state index is 11.7. The van der Waals surface area contributed by atoms with Crippen LogP contribution in [0, 0.1) is 0 Å². The van der Waals surface area contributed by atoms with Gasteiger partial charge in [-0.1, -0.05) is 5.21 Å². The number of hydrogen-bond acceptors (Lipinski definition) is 4. The quantitative estimate of drug-likeness (QED) is 0.742. The zero-order valence-corrected chi connectivity index (χ0v) is 9.96. The summed E-state index contributed by atoms with van der Waals surface area (Å²) in [5.41, 5.74) is 0.352. The Kier molecular flexibility index (Phi) is 4.62. The van der Waals surface area contributed by atoms with Crippen molar-refractivity contribution in [3.05, 3.63) is 11.9 Å². The lowest BCUT2D eigenvalue weighted by atomic mass is 10.3. The summed E-state index contributed by atoms with van der Waals surface area (Å²) in [6.45, 7) is 5.18. The molecule has 0 fully saturated rings. The minimum atomic E-state index is -0.966. The Morgan fingerprint density at radius 3 is 2.59 bits per heavy atom. The Morgan fingerprint density at radius 1 is 1.41 bits per heavy atom. The fraction of sp³-hybridized carbons (Fsp3) is 0.600. The third kappa shape index (κ3) is 3.86. The summed E-state index contributed by atoms with van der Waals surface area (Å²) in [6.07, 6.45) is 1.30. The van der Waals surface area contributed by atoms with Crippen molar-refractivity contribution in [3.8, 4) is 0 Å². The number of amides is 1. The maximum absolute atomic E-state index is 11.7. The van der Waals surface area contributed by atoms with Crippen LogP contribution in [0.25, 0.3) is 0 Å². The molecule has 0 aliphatic heterocycles. The van der Waals surface area contributed by atoms with Crippen LogP contribution in [0.2, 0.25) is 0 Å². The monoisotopic (exact) mass is 240 g/mol. The maximum Gasteiger partial charge on any atom is 0.309 e. The van der Waals surface area contributed by atoms with Crippen LogP contribution in [0.4, 0.5) is 0 Å². The molecular formula is C10H16N4O3. The van der Waals surface area contributed by atoms with Crippen LogP contribution < -0.4 is 0 Å². The van der Waals surface area contributed by atoms with Gasteiger partial charge in [-0.2, -0.15) is 0 Å². The van der Waals surface area contributed by atoms with Crippen LogP contribution in [0.15, 0.2) is 6.20 Å². The van der Waals surface area contributed by atoms with Gasteiger partial charge in [0, 0.05) is 19.3 Å². The van der Waals surface area contributed by atoms with Crippen molar-refractivity contribution in [1.29, 1.82) is 0 Å². The molecule has 0 aliphatic carbocycles. The molecule has 0 aromatic carbocycles. The van der Waals surface area contributed by atoms with E-state index in [1.807, 2.05) is 13.8 Å². The summed E-state index contributed by atoms with van der Waals surface area (Å²) in [5, 5.41) is 16.0. The van der Waals surface area contributed by atoms with Gasteiger partial charge in [-0.15, -0.1) is 5.10 Å². The highest BCUT2D eigenvalue weighted by Gasteiger charge is 2.12. The molecule has 0 unspecified atom stereocenters. The second-order valence-corrected chi connectivity index (χ2v) is 3.54. The van der Waals surface area contributed by atoms with Gasteiger partial charge < -0.3 is 10.0 Å². The SMILES string of the molecule is CCN(CC)C(=O)Cn1cc(CC(=O)O)nn1. The summed E-state index contributed by atoms with van der Waals surface area (Å²) in [7, 11) is 0. The lowest BCUT2D eigenvalue weighted by molar-refractivity contribution is -0.136. The van der Waals surface area contributed by atoms with E-state index in [1.54, 1.807) is 4.90 Å². The standard InChI is InChI=1S/C10H16N4O3/c1-3-13(4-2)9(15)7-14-6-8(11-12-14)5-10(16)17/h6H,3-5,7H2,1-2H3,(H,16,17). The van der Waals surface area contributed by atoms with Crippen LogP contribution >= 0.6 is 0 Å². The van der Waals surface area contributed by atoms with Crippen molar-refractivity contribution in [2.24, 2.45) is 0 Å². The van der Waals surface area contributed by atoms with Gasteiger partial charge in [0.1, 0.15) is 6.54 Å². The first-order valence-electron chi connectivity index (χ1n) is 5.45. The number of hydrogen-bond donors (Lipinski definition) is 1. The molecule has 1 rings (SSSR count). The van der Waals surface area contributed by atoms with Gasteiger partial charge in [0.25, 0.3) is 0 Å². The summed E-state index contributed by atoms with van der Waals surface area (Å²) in [6, 6.07) is 0. The minimum Gasteiger partial charge on any atom is -0.481 e. The molecule has 17 heavy (non-hydrogen) atoms. The highest BCUT2D eigenvalue weighted by molar-refractivity contribution is 5.75. The Labute approximate surface area is 99.0 Å². The van der Waals surface area contributed by atoms with E-state index in [9.17, 15) is 9.59 Å². The first-order chi connectivity index (χ1) is 8.06. The molecule has 7 heteroatoms. The van der Waals surface area contributed by atoms with E-state index < -0.39 is 5.97 Å². The van der Waals surface area contributed by atoms with Crippen LogP contribution in [-0.4, -0.2) is 50.0 Å². The first kappa shape index (κ1) is 13.1. The third-order valence-electron chi connectivity index (χ3n) is 2.33. The number of aromatic nitrogens is 3. The predicted molar refractivity (Wildman–Crippen MR) is 59.3 cm³/mol. The van der Waals surface area contributed by atoms with Gasteiger partial charge in [0.15, 0.2) is 0 Å². The van der Waals surface area contributed by atoms with Gasteiger partial charge in [0.05, 0.1) is 12.1 Å². The number of likely N-dealkylation sites (N-methyl/N-ethyl adjacent to an activating group) is 1. The van der Waals surface area contributed by atoms with Gasteiger partial charge in [0.2, 0.25) is 5.91 Å². The number of carboxylic acids is 1. The number of carboxylic acid groups (broad SMARTS) is 1. The average Bonchev–Trinajstić information content (AvgIpc) is 2.66. The number of carbonyl (C=O) groups excluding carboxylic acids is 1. The number of nitrogens with zero attached hydrogens (tertiary/aromatic N) is 4. The second kappa shape index (κ2) is 5.97. The molecule has 1 heterocycles. The molecule has 1 aromatic heterocycles. The van der Waals surface area contributed by atoms with Crippen molar-refractivity contribution in [2.75, 3.05) is 13.1 Å². The summed E-state index contributed by atoms with van der Waals surface area (Å²) >= 11 is 0. The molecule has 0 aliphatic rings. The topological polar surface area (TPSA) is 88.3 Å². The Hall–Kier alpha value is -1.92. The minimum absolute atomic E-state index is 0.0539. The molecule has 1 N–H and O–H groups in total. The first-order valence-corrected chi connectivity index (χ1v) is 5.45. The lowest BCUT2D eigenvalue weighted by Gasteiger charge is -2.17. The van der Waals surface area contributed by atoms with Gasteiger partial charge in [-0.25, -0.2) is 4.68 Å². The van der Waals surface area contributed by atoms with Crippen LogP contribution in [0.3, 0.4) is 0 Å². The fourth-order valence-corrected chi connectivity index (χ4v) is 1.47. The molecule has 0 bridgehead atoms. The van der Waals surface area contributed by atoms with Crippen LogP contribution in [0.5, 0.6) is 0 Å². The smallest absolute Gasteiger partial charge is 0.309 e. The lowest BCUT2D eigenvalue weighted by Crippen LogP contribution is -2.33. The molecule has 1 aromatic rings. The molecular weight excluding hydrogens is 224 g/mol. The van der Waals surface area contributed by atoms with Crippen molar-refractivity contribution in [3.63, 3.8) is 0 Å². The number of aliphatic carboxylic acids is 1. The van der Waals surface area contributed by atoms with E-state index in [4.69, 9.17) is 5.11 Å². The molecule has 0 radical (unpaired) electrons. The van der Waals surface area contributed by atoms with Crippen LogP contribution in [0.1, 0.15) is 19.5 Å². The van der Waals surface area contributed by atoms with E-state index in [0.29, 0.717) is 18.8 Å². The molecule has 0 saturated carbocycles. The van der Waals surface area contributed by atoms with E-state index in [1.165, 1.54) is 10.9 Å². The second-order valence-electron chi connectivity index (χ2n) is 3.54. The highest BCUT2D eigenvalue weighted by Crippen LogP contribution is 1.97. The van der Waals surface area contributed by atoms with E-state index in [2.05, 4.69) is 10.3 Å². The predicted octanol–water partition coefficient (Wildman–Crippen LogP) is -0.226. The Bertz CT molecular complexity index is 398. The molecule has 0 spiro atoms. The normalized spacial score (nSPS) is 10.2. The zero-order chi connectivity index (χ0) is 12.8. The average molecular weight is 240 g/mol. The summed E-state index contributed by atoms with van der Waals surface area (Å²) in [5.74, 6) is -1.02.